The first kappa shape index (κ1) is 25.0. The van der Waals surface area contributed by atoms with Crippen LogP contribution in [-0.2, 0) is 9.59 Å². The number of carbonyl (C=O) groups is 4. The molecule has 2 aromatic carbocycles. The molecular formula is C26H32N4O4. The zero-order chi connectivity index (χ0) is 24.5. The van der Waals surface area contributed by atoms with Crippen molar-refractivity contribution in [2.45, 2.75) is 39.5 Å². The van der Waals surface area contributed by atoms with Crippen LogP contribution >= 0.6 is 0 Å². The van der Waals surface area contributed by atoms with Crippen LogP contribution in [0.5, 0.6) is 0 Å². The molecule has 4 N–H and O–H groups in total. The Morgan fingerprint density at radius 3 is 1.24 bits per heavy atom. The van der Waals surface area contributed by atoms with Crippen LogP contribution in [0, 0.1) is 11.8 Å². The lowest BCUT2D eigenvalue weighted by Gasteiger charge is -2.27. The van der Waals surface area contributed by atoms with E-state index in [-0.39, 0.29) is 35.5 Å². The average Bonchev–Trinajstić information content (AvgIpc) is 2.85. The first-order valence-corrected chi connectivity index (χ1v) is 11.8. The second kappa shape index (κ2) is 12.0. The summed E-state index contributed by atoms with van der Waals surface area (Å²) in [5, 5.41) is 11.3. The normalized spacial score (nSPS) is 17.4. The third kappa shape index (κ3) is 6.66. The highest BCUT2D eigenvalue weighted by atomic mass is 16.2. The molecule has 1 saturated carbocycles. The molecule has 8 nitrogen and oxygen atoms in total. The van der Waals surface area contributed by atoms with Crippen LogP contribution in [-0.4, -0.2) is 36.7 Å². The molecule has 0 aromatic heterocycles. The van der Waals surface area contributed by atoms with E-state index >= 15 is 0 Å². The van der Waals surface area contributed by atoms with Gasteiger partial charge in [0, 0.05) is 47.4 Å². The van der Waals surface area contributed by atoms with Crippen LogP contribution in [0.4, 0.5) is 11.4 Å². The smallest absolute Gasteiger partial charge is 0.251 e. The predicted octanol–water partition coefficient (Wildman–Crippen LogP) is 3.57. The molecule has 0 bridgehead atoms. The summed E-state index contributed by atoms with van der Waals surface area (Å²) in [6.07, 6.45) is 2.54. The molecule has 34 heavy (non-hydrogen) atoms. The molecular weight excluding hydrogens is 432 g/mol. The van der Waals surface area contributed by atoms with Crippen molar-refractivity contribution in [1.82, 2.24) is 10.6 Å². The summed E-state index contributed by atoms with van der Waals surface area (Å²) in [4.78, 5) is 49.0. The molecule has 0 unspecified atom stereocenters. The van der Waals surface area contributed by atoms with Crippen LogP contribution in [0.2, 0.25) is 0 Å². The maximum atomic E-state index is 12.7. The molecule has 0 heterocycles. The van der Waals surface area contributed by atoms with Gasteiger partial charge in [0.05, 0.1) is 0 Å². The van der Waals surface area contributed by atoms with Gasteiger partial charge in [0.25, 0.3) is 11.8 Å². The second-order valence-electron chi connectivity index (χ2n) is 8.40. The highest BCUT2D eigenvalue weighted by molar-refractivity contribution is 5.97. The van der Waals surface area contributed by atoms with Gasteiger partial charge < -0.3 is 21.3 Å². The fraction of sp³-hybridized carbons (Fsp3) is 0.385. The van der Waals surface area contributed by atoms with Crippen molar-refractivity contribution in [3.8, 4) is 0 Å². The molecule has 1 aliphatic carbocycles. The molecule has 0 radical (unpaired) electrons. The molecule has 0 aliphatic heterocycles. The first-order valence-electron chi connectivity index (χ1n) is 11.8. The number of nitrogens with one attached hydrogen (secondary N) is 4. The van der Waals surface area contributed by atoms with Crippen molar-refractivity contribution in [2.75, 3.05) is 23.7 Å². The van der Waals surface area contributed by atoms with Crippen molar-refractivity contribution in [2.24, 2.45) is 11.8 Å². The summed E-state index contributed by atoms with van der Waals surface area (Å²) in [7, 11) is 0. The summed E-state index contributed by atoms with van der Waals surface area (Å²) in [6, 6.07) is 13.6. The van der Waals surface area contributed by atoms with Crippen molar-refractivity contribution in [3.05, 3.63) is 59.7 Å². The van der Waals surface area contributed by atoms with Crippen LogP contribution in [0.3, 0.4) is 0 Å². The number of anilines is 2. The quantitative estimate of drug-likeness (QED) is 0.478. The van der Waals surface area contributed by atoms with Gasteiger partial charge in [-0.05, 0) is 88.1 Å². The first-order chi connectivity index (χ1) is 16.4. The number of hydrogen-bond donors (Lipinski definition) is 4. The monoisotopic (exact) mass is 464 g/mol. The van der Waals surface area contributed by atoms with Gasteiger partial charge in [0.15, 0.2) is 0 Å². The summed E-state index contributed by atoms with van der Waals surface area (Å²) in [6.45, 7) is 4.83. The average molecular weight is 465 g/mol. The molecule has 0 saturated heterocycles. The van der Waals surface area contributed by atoms with Crippen LogP contribution < -0.4 is 21.3 Å². The third-order valence-corrected chi connectivity index (χ3v) is 5.97. The highest BCUT2D eigenvalue weighted by Gasteiger charge is 2.30. The van der Waals surface area contributed by atoms with E-state index in [0.29, 0.717) is 61.3 Å². The van der Waals surface area contributed by atoms with Gasteiger partial charge in [0.2, 0.25) is 11.8 Å². The van der Waals surface area contributed by atoms with Gasteiger partial charge in [-0.1, -0.05) is 0 Å². The van der Waals surface area contributed by atoms with Crippen molar-refractivity contribution in [3.63, 3.8) is 0 Å². The maximum absolute atomic E-state index is 12.7. The SMILES string of the molecule is CCNC(=O)c1ccc(NC(=O)C2CCC(C(=O)Nc3ccc(C(=O)NCC)cc3)CC2)cc1. The molecule has 180 valence electrons. The summed E-state index contributed by atoms with van der Waals surface area (Å²) in [5.41, 5.74) is 2.39. The van der Waals surface area contributed by atoms with E-state index in [9.17, 15) is 19.2 Å². The molecule has 2 aromatic rings. The summed E-state index contributed by atoms with van der Waals surface area (Å²) >= 11 is 0. The van der Waals surface area contributed by atoms with Gasteiger partial charge in [-0.2, -0.15) is 0 Å². The number of benzene rings is 2. The highest BCUT2D eigenvalue weighted by Crippen LogP contribution is 2.30. The Bertz CT molecular complexity index is 927. The molecule has 0 spiro atoms. The Hall–Kier alpha value is -3.68. The van der Waals surface area contributed by atoms with E-state index in [0.717, 1.165) is 0 Å². The molecule has 1 aliphatic rings. The fourth-order valence-corrected chi connectivity index (χ4v) is 4.04. The summed E-state index contributed by atoms with van der Waals surface area (Å²) < 4.78 is 0. The lowest BCUT2D eigenvalue weighted by molar-refractivity contribution is -0.125. The van der Waals surface area contributed by atoms with Crippen molar-refractivity contribution in [1.29, 1.82) is 0 Å². The third-order valence-electron chi connectivity index (χ3n) is 5.97. The minimum absolute atomic E-state index is 0.0643. The zero-order valence-electron chi connectivity index (χ0n) is 19.6. The van der Waals surface area contributed by atoms with Gasteiger partial charge in [-0.15, -0.1) is 0 Å². The Kier molecular flexibility index (Phi) is 8.79. The fourth-order valence-electron chi connectivity index (χ4n) is 4.04. The van der Waals surface area contributed by atoms with Crippen LogP contribution in [0.25, 0.3) is 0 Å². The van der Waals surface area contributed by atoms with E-state index in [2.05, 4.69) is 21.3 Å². The van der Waals surface area contributed by atoms with Gasteiger partial charge in [0.1, 0.15) is 0 Å². The topological polar surface area (TPSA) is 116 Å². The van der Waals surface area contributed by atoms with Gasteiger partial charge in [-0.25, -0.2) is 0 Å². The molecule has 0 atom stereocenters. The standard InChI is InChI=1S/C26H32N4O4/c1-3-27-23(31)17-9-13-21(14-10-17)29-25(33)19-5-7-20(8-6-19)26(34)30-22-15-11-18(12-16-22)24(32)28-4-2/h9-16,19-20H,3-8H2,1-2H3,(H,27,31)(H,28,32)(H,29,33)(H,30,34). The van der Waals surface area contributed by atoms with E-state index < -0.39 is 0 Å². The lowest BCUT2D eigenvalue weighted by atomic mass is 9.81. The van der Waals surface area contributed by atoms with Gasteiger partial charge in [-0.3, -0.25) is 19.2 Å². The maximum Gasteiger partial charge on any atom is 0.251 e. The second-order valence-corrected chi connectivity index (χ2v) is 8.40. The van der Waals surface area contributed by atoms with Crippen molar-refractivity contribution < 1.29 is 19.2 Å². The van der Waals surface area contributed by atoms with Gasteiger partial charge >= 0.3 is 0 Å². The molecule has 3 rings (SSSR count). The minimum Gasteiger partial charge on any atom is -0.352 e. The van der Waals surface area contributed by atoms with E-state index in [1.165, 1.54) is 0 Å². The Balaban J connectivity index is 1.46. The molecule has 4 amide bonds. The number of carbonyl (C=O) groups excluding carboxylic acids is 4. The van der Waals surface area contributed by atoms with Crippen LogP contribution in [0.15, 0.2) is 48.5 Å². The molecule has 1 fully saturated rings. The van der Waals surface area contributed by atoms with Crippen LogP contribution in [0.1, 0.15) is 60.2 Å². The molecule has 8 heteroatoms. The predicted molar refractivity (Wildman–Crippen MR) is 132 cm³/mol. The van der Waals surface area contributed by atoms with E-state index in [1.807, 2.05) is 13.8 Å². The summed E-state index contributed by atoms with van der Waals surface area (Å²) in [5.74, 6) is -0.715. The number of amides is 4. The Labute approximate surface area is 199 Å². The number of rotatable bonds is 8. The van der Waals surface area contributed by atoms with E-state index in [4.69, 9.17) is 0 Å². The Morgan fingerprint density at radius 1 is 0.618 bits per heavy atom. The minimum atomic E-state index is -0.150. The van der Waals surface area contributed by atoms with E-state index in [1.54, 1.807) is 48.5 Å². The Morgan fingerprint density at radius 2 is 0.941 bits per heavy atom. The zero-order valence-corrected chi connectivity index (χ0v) is 19.6. The lowest BCUT2D eigenvalue weighted by Crippen LogP contribution is -2.32. The number of hydrogen-bond acceptors (Lipinski definition) is 4. The largest absolute Gasteiger partial charge is 0.352 e. The van der Waals surface area contributed by atoms with Crippen molar-refractivity contribution >= 4 is 35.0 Å².